The summed E-state index contributed by atoms with van der Waals surface area (Å²) in [6.45, 7) is 4.10. The third-order valence-corrected chi connectivity index (χ3v) is 8.24. The zero-order chi connectivity index (χ0) is 30.3. The molecule has 0 radical (unpaired) electrons. The number of aliphatic hydroxyl groups excluding tert-OH is 1. The summed E-state index contributed by atoms with van der Waals surface area (Å²) in [6.07, 6.45) is 0.0178. The van der Waals surface area contributed by atoms with Crippen molar-refractivity contribution in [3.05, 3.63) is 34.9 Å². The number of ether oxygens (including phenoxy) is 1. The molecule has 0 bridgehead atoms. The van der Waals surface area contributed by atoms with E-state index >= 15 is 0 Å². The standard InChI is InChI=1S/C26H37ClN4O9S.Na/c1-15(2)10-20(24(34)29-21(25(35)41(37,38)39)12-17-8-9-28-23(17)33)30-26(36)40-14-19-6-7-22(32)31(19)13-16-4-3-5-18(27)11-16;/h3-5,11,15,17,19-21,25,35H,6-10,12-14H2,1-2H3,(H,28,33)(H,29,34)(H,30,36)(H,37,38,39);/q;+1/p-1/t17-,19-,20-,21-,25?;/m0./s1. The topological polar surface area (TPSA) is 194 Å². The summed E-state index contributed by atoms with van der Waals surface area (Å²) in [6, 6.07) is 3.92. The molecule has 1 aromatic carbocycles. The van der Waals surface area contributed by atoms with Crippen LogP contribution in [0.3, 0.4) is 0 Å². The van der Waals surface area contributed by atoms with E-state index in [0.29, 0.717) is 37.4 Å². The number of benzene rings is 1. The molecular weight excluding hydrogens is 603 g/mol. The van der Waals surface area contributed by atoms with Gasteiger partial charge in [0.15, 0.2) is 5.44 Å². The largest absolute Gasteiger partial charge is 1.00 e. The fraction of sp³-hybridized carbons (Fsp3) is 0.615. The fourth-order valence-corrected chi connectivity index (χ4v) is 5.78. The summed E-state index contributed by atoms with van der Waals surface area (Å²) < 4.78 is 40.0. The molecule has 228 valence electrons. The van der Waals surface area contributed by atoms with Gasteiger partial charge < -0.3 is 35.2 Å². The first kappa shape index (κ1) is 36.3. The third-order valence-electron chi connectivity index (χ3n) is 7.09. The second-order valence-electron chi connectivity index (χ2n) is 10.8. The molecule has 16 heteroatoms. The van der Waals surface area contributed by atoms with E-state index in [9.17, 15) is 37.3 Å². The van der Waals surface area contributed by atoms with Gasteiger partial charge in [-0.1, -0.05) is 37.6 Å². The molecule has 2 aliphatic heterocycles. The van der Waals surface area contributed by atoms with Gasteiger partial charge in [0.05, 0.1) is 12.1 Å². The minimum atomic E-state index is -5.22. The first-order valence-corrected chi connectivity index (χ1v) is 15.3. The van der Waals surface area contributed by atoms with Crippen molar-refractivity contribution in [1.82, 2.24) is 20.9 Å². The zero-order valence-electron chi connectivity index (χ0n) is 23.9. The molecule has 1 aromatic rings. The van der Waals surface area contributed by atoms with Gasteiger partial charge in [-0.25, -0.2) is 13.2 Å². The Morgan fingerprint density at radius 1 is 1.24 bits per heavy atom. The van der Waals surface area contributed by atoms with Crippen molar-refractivity contribution in [2.45, 2.75) is 76.1 Å². The zero-order valence-corrected chi connectivity index (χ0v) is 27.4. The van der Waals surface area contributed by atoms with Gasteiger partial charge in [0.2, 0.25) is 17.7 Å². The van der Waals surface area contributed by atoms with Crippen molar-refractivity contribution in [3.63, 3.8) is 0 Å². The molecule has 2 fully saturated rings. The molecule has 0 saturated carbocycles. The summed E-state index contributed by atoms with van der Waals surface area (Å²) in [5.74, 6) is -2.12. The molecule has 2 aliphatic rings. The number of alkyl carbamates (subject to hydrolysis) is 1. The Labute approximate surface area is 272 Å². The minimum absolute atomic E-state index is 0. The predicted molar refractivity (Wildman–Crippen MR) is 146 cm³/mol. The number of rotatable bonds is 13. The van der Waals surface area contributed by atoms with Crippen molar-refractivity contribution in [2.24, 2.45) is 11.8 Å². The summed E-state index contributed by atoms with van der Waals surface area (Å²) >= 11 is 6.04. The maximum Gasteiger partial charge on any atom is 1.00 e. The smallest absolute Gasteiger partial charge is 0.746 e. The van der Waals surface area contributed by atoms with Crippen LogP contribution in [0.4, 0.5) is 4.79 Å². The normalized spacial score (nSPS) is 20.9. The van der Waals surface area contributed by atoms with Crippen LogP contribution in [-0.4, -0.2) is 83.5 Å². The summed E-state index contributed by atoms with van der Waals surface area (Å²) in [7, 11) is -5.22. The van der Waals surface area contributed by atoms with Crippen molar-refractivity contribution >= 4 is 45.5 Å². The van der Waals surface area contributed by atoms with Gasteiger partial charge >= 0.3 is 35.7 Å². The predicted octanol–water partition coefficient (Wildman–Crippen LogP) is -2.15. The maximum absolute atomic E-state index is 13.1. The monoisotopic (exact) mass is 638 g/mol. The van der Waals surface area contributed by atoms with Crippen molar-refractivity contribution in [1.29, 1.82) is 0 Å². The molecule has 42 heavy (non-hydrogen) atoms. The van der Waals surface area contributed by atoms with Crippen LogP contribution in [0.5, 0.6) is 0 Å². The Hall–Kier alpha value is -1.94. The Kier molecular flexibility index (Phi) is 14.0. The van der Waals surface area contributed by atoms with Crippen LogP contribution in [0.1, 0.15) is 51.5 Å². The molecule has 2 saturated heterocycles. The number of carbonyl (C=O) groups is 4. The first-order chi connectivity index (χ1) is 19.2. The third kappa shape index (κ3) is 10.6. The van der Waals surface area contributed by atoms with Gasteiger partial charge in [0.25, 0.3) is 0 Å². The molecule has 0 spiro atoms. The van der Waals surface area contributed by atoms with Crippen LogP contribution >= 0.6 is 11.6 Å². The van der Waals surface area contributed by atoms with Crippen molar-refractivity contribution in [2.75, 3.05) is 13.2 Å². The summed E-state index contributed by atoms with van der Waals surface area (Å²) in [4.78, 5) is 51.9. The van der Waals surface area contributed by atoms with Crippen LogP contribution in [0.15, 0.2) is 24.3 Å². The Balaban J connectivity index is 0.00000616. The Morgan fingerprint density at radius 2 is 1.95 bits per heavy atom. The quantitative estimate of drug-likeness (QED) is 0.138. The van der Waals surface area contributed by atoms with Crippen molar-refractivity contribution < 1.29 is 71.5 Å². The second-order valence-corrected chi connectivity index (χ2v) is 12.7. The Morgan fingerprint density at radius 3 is 2.55 bits per heavy atom. The van der Waals surface area contributed by atoms with E-state index in [1.165, 1.54) is 0 Å². The average molecular weight is 639 g/mol. The van der Waals surface area contributed by atoms with E-state index in [0.717, 1.165) is 5.56 Å². The van der Waals surface area contributed by atoms with Gasteiger partial charge in [-0.05, 0) is 49.3 Å². The number of hydrogen-bond donors (Lipinski definition) is 4. The van der Waals surface area contributed by atoms with Gasteiger partial charge in [0, 0.05) is 30.5 Å². The maximum atomic E-state index is 13.1. The van der Waals surface area contributed by atoms with Gasteiger partial charge in [-0.2, -0.15) is 0 Å². The molecule has 4 N–H and O–H groups in total. The number of nitrogens with zero attached hydrogens (tertiary/aromatic N) is 1. The second kappa shape index (κ2) is 16.2. The van der Waals surface area contributed by atoms with Gasteiger partial charge in [-0.15, -0.1) is 0 Å². The van der Waals surface area contributed by atoms with Crippen LogP contribution in [-0.2, 0) is 35.8 Å². The molecule has 4 amide bonds. The van der Waals surface area contributed by atoms with E-state index in [4.69, 9.17) is 16.3 Å². The van der Waals surface area contributed by atoms with Crippen LogP contribution < -0.4 is 45.5 Å². The first-order valence-electron chi connectivity index (χ1n) is 13.4. The summed E-state index contributed by atoms with van der Waals surface area (Å²) in [5.41, 5.74) is -1.67. The van der Waals surface area contributed by atoms with Crippen LogP contribution in [0.25, 0.3) is 0 Å². The molecule has 1 unspecified atom stereocenters. The Bertz CT molecular complexity index is 1240. The van der Waals surface area contributed by atoms with Gasteiger partial charge in [-0.3, -0.25) is 14.4 Å². The number of hydrogen-bond acceptors (Lipinski definition) is 9. The van der Waals surface area contributed by atoms with E-state index in [1.54, 1.807) is 36.9 Å². The molecule has 3 rings (SSSR count). The van der Waals surface area contributed by atoms with E-state index in [1.807, 2.05) is 6.07 Å². The fourth-order valence-electron chi connectivity index (χ4n) is 4.98. The van der Waals surface area contributed by atoms with Gasteiger partial charge in [0.1, 0.15) is 22.8 Å². The number of nitrogens with one attached hydrogen (secondary N) is 3. The number of amides is 4. The molecule has 0 aliphatic carbocycles. The molecule has 2 heterocycles. The SMILES string of the molecule is CC(C)C[C@H](NC(=O)OC[C@@H]1CCC(=O)N1Cc1cccc(Cl)c1)C(=O)N[C@@H](C[C@@H]1CCNC1=O)C(O)S(=O)(=O)[O-].[Na+]. The number of halogens is 1. The molecule has 0 aromatic heterocycles. The number of carbonyl (C=O) groups excluding carboxylic acids is 4. The van der Waals surface area contributed by atoms with Crippen molar-refractivity contribution in [3.8, 4) is 0 Å². The molecule has 5 atom stereocenters. The molecular formula is C26H36ClN4NaO9S. The van der Waals surface area contributed by atoms with E-state index in [-0.39, 0.29) is 72.8 Å². The number of aliphatic hydroxyl groups is 1. The van der Waals surface area contributed by atoms with Crippen LogP contribution in [0, 0.1) is 11.8 Å². The molecule has 13 nitrogen and oxygen atoms in total. The van der Waals surface area contributed by atoms with E-state index < -0.39 is 45.6 Å². The summed E-state index contributed by atoms with van der Waals surface area (Å²) in [5, 5.41) is 18.1. The number of likely N-dealkylation sites (tertiary alicyclic amines) is 1. The average Bonchev–Trinajstić information content (AvgIpc) is 3.45. The van der Waals surface area contributed by atoms with E-state index in [2.05, 4.69) is 16.0 Å². The van der Waals surface area contributed by atoms with Crippen LogP contribution in [0.2, 0.25) is 5.02 Å². The minimum Gasteiger partial charge on any atom is -0.746 e.